The van der Waals surface area contributed by atoms with Crippen LogP contribution in [0.4, 0.5) is 0 Å². The predicted molar refractivity (Wildman–Crippen MR) is 339 cm³/mol. The first-order valence-corrected chi connectivity index (χ1v) is 35.7. The van der Waals surface area contributed by atoms with E-state index >= 15 is 0 Å². The lowest BCUT2D eigenvalue weighted by molar-refractivity contribution is -0.161. The minimum absolute atomic E-state index is 0.0562. The van der Waals surface area contributed by atoms with E-state index < -0.39 is 6.10 Å². The van der Waals surface area contributed by atoms with Crippen molar-refractivity contribution in [2.45, 2.75) is 424 Å². The van der Waals surface area contributed by atoms with Gasteiger partial charge in [0.15, 0.2) is 6.10 Å². The zero-order valence-corrected chi connectivity index (χ0v) is 52.8. The Bertz CT molecular complexity index is 1140. The molecule has 0 amide bonds. The molecule has 0 aliphatic heterocycles. The number of unbranched alkanes of at least 4 members (excludes halogenated alkanes) is 58. The molecule has 0 aromatic heterocycles. The molecule has 0 aliphatic carbocycles. The molecule has 0 rings (SSSR count). The van der Waals surface area contributed by atoms with Crippen LogP contribution >= 0.6 is 0 Å². The number of carbonyl (C=O) groups is 2. The molecule has 0 heterocycles. The van der Waals surface area contributed by atoms with E-state index in [4.69, 9.17) is 9.47 Å². The van der Waals surface area contributed by atoms with Crippen LogP contribution < -0.4 is 0 Å². The number of hydrogen-bond acceptors (Lipinski definition) is 5. The summed E-state index contributed by atoms with van der Waals surface area (Å²) in [4.78, 5) is 24.6. The summed E-state index contributed by atoms with van der Waals surface area (Å²) in [5.74, 6) is -0.561. The fraction of sp³-hybridized carbons (Fsp3) is 0.944. The van der Waals surface area contributed by atoms with Crippen molar-refractivity contribution in [3.05, 3.63) is 12.2 Å². The lowest BCUT2D eigenvalue weighted by atomic mass is 10.0. The quantitative estimate of drug-likeness (QED) is 0.0373. The van der Waals surface area contributed by atoms with Gasteiger partial charge in [-0.25, -0.2) is 0 Å². The Morgan fingerprint density at radius 3 is 0.701 bits per heavy atom. The molecule has 0 saturated heterocycles. The molecule has 458 valence electrons. The summed E-state index contributed by atoms with van der Waals surface area (Å²) in [6, 6.07) is 0. The van der Waals surface area contributed by atoms with Gasteiger partial charge in [0.05, 0.1) is 6.61 Å². The van der Waals surface area contributed by atoms with Gasteiger partial charge >= 0.3 is 11.9 Å². The molecule has 0 saturated carbocycles. The standard InChI is InChI=1S/C72H140O5/c1-3-5-7-9-11-13-15-17-19-21-23-25-27-28-29-30-31-32-33-34-35-36-37-38-39-40-41-42-43-44-45-47-49-51-53-55-57-59-61-63-65-67-72(75)77-70(68-73)69-76-71(74)66-64-62-60-58-56-54-52-50-48-46-26-24-22-20-18-16-14-12-10-8-6-4-2/h21,23,70,73H,3-20,22,24-69H2,1-2H3/b23-21-. The number of rotatable bonds is 68. The third-order valence-corrected chi connectivity index (χ3v) is 16.8. The van der Waals surface area contributed by atoms with Gasteiger partial charge in [-0.1, -0.05) is 379 Å². The number of aliphatic hydroxyl groups is 1. The maximum atomic E-state index is 12.4. The van der Waals surface area contributed by atoms with E-state index in [1.807, 2.05) is 0 Å². The Balaban J connectivity index is 3.33. The van der Waals surface area contributed by atoms with Gasteiger partial charge in [0.1, 0.15) is 6.61 Å². The number of esters is 2. The second-order valence-electron chi connectivity index (χ2n) is 24.7. The van der Waals surface area contributed by atoms with Gasteiger partial charge in [0, 0.05) is 12.8 Å². The smallest absolute Gasteiger partial charge is 0.306 e. The summed E-state index contributed by atoms with van der Waals surface area (Å²) >= 11 is 0. The summed E-state index contributed by atoms with van der Waals surface area (Å²) < 4.78 is 10.8. The largest absolute Gasteiger partial charge is 0.462 e. The van der Waals surface area contributed by atoms with Crippen molar-refractivity contribution >= 4 is 11.9 Å². The van der Waals surface area contributed by atoms with E-state index in [1.54, 1.807) is 0 Å². The molecule has 0 spiro atoms. The molecule has 0 fully saturated rings. The maximum Gasteiger partial charge on any atom is 0.306 e. The van der Waals surface area contributed by atoms with Gasteiger partial charge in [-0.2, -0.15) is 0 Å². The van der Waals surface area contributed by atoms with Crippen LogP contribution in [0.3, 0.4) is 0 Å². The van der Waals surface area contributed by atoms with E-state index in [1.165, 1.54) is 360 Å². The average molecular weight is 1090 g/mol. The normalized spacial score (nSPS) is 12.1. The SMILES string of the molecule is CCCCCCCCCC/C=C\CCCCCCCCCCCCCCCCCCCCCCCCCCCCCCCC(=O)OC(CO)COC(=O)CCCCCCCCCCCCCCCCCCCCCCCC. The molecule has 77 heavy (non-hydrogen) atoms. The Labute approximate surface area is 483 Å². The topological polar surface area (TPSA) is 72.8 Å². The molecule has 5 heteroatoms. The van der Waals surface area contributed by atoms with E-state index in [9.17, 15) is 14.7 Å². The van der Waals surface area contributed by atoms with Gasteiger partial charge in [0.2, 0.25) is 0 Å². The van der Waals surface area contributed by atoms with E-state index in [0.29, 0.717) is 12.8 Å². The van der Waals surface area contributed by atoms with Crippen molar-refractivity contribution in [1.82, 2.24) is 0 Å². The second-order valence-corrected chi connectivity index (χ2v) is 24.7. The van der Waals surface area contributed by atoms with Crippen molar-refractivity contribution in [3.8, 4) is 0 Å². The number of hydrogen-bond donors (Lipinski definition) is 1. The Kier molecular flexibility index (Phi) is 67.7. The van der Waals surface area contributed by atoms with Crippen molar-refractivity contribution < 1.29 is 24.2 Å². The fourth-order valence-corrected chi connectivity index (χ4v) is 11.4. The molecule has 0 bridgehead atoms. The lowest BCUT2D eigenvalue weighted by Crippen LogP contribution is -2.28. The maximum absolute atomic E-state index is 12.4. The summed E-state index contributed by atoms with van der Waals surface area (Å²) in [6.07, 6.45) is 88.4. The monoisotopic (exact) mass is 1090 g/mol. The highest BCUT2D eigenvalue weighted by atomic mass is 16.6. The highest BCUT2D eigenvalue weighted by Gasteiger charge is 2.16. The van der Waals surface area contributed by atoms with Crippen LogP contribution in [-0.4, -0.2) is 36.4 Å². The summed E-state index contributed by atoms with van der Waals surface area (Å²) in [7, 11) is 0. The number of carbonyl (C=O) groups excluding carboxylic acids is 2. The van der Waals surface area contributed by atoms with Crippen molar-refractivity contribution in [1.29, 1.82) is 0 Å². The van der Waals surface area contributed by atoms with Crippen molar-refractivity contribution in [2.75, 3.05) is 13.2 Å². The predicted octanol–water partition coefficient (Wildman–Crippen LogP) is 24.6. The minimum Gasteiger partial charge on any atom is -0.462 e. The highest BCUT2D eigenvalue weighted by molar-refractivity contribution is 5.70. The zero-order chi connectivity index (χ0) is 55.5. The van der Waals surface area contributed by atoms with Crippen molar-refractivity contribution in [3.63, 3.8) is 0 Å². The van der Waals surface area contributed by atoms with Crippen LogP contribution in [0.1, 0.15) is 418 Å². The van der Waals surface area contributed by atoms with Crippen LogP contribution in [-0.2, 0) is 19.1 Å². The molecule has 0 aromatic rings. The molecule has 1 N–H and O–H groups in total. The summed E-state index contributed by atoms with van der Waals surface area (Å²) in [6.45, 7) is 4.22. The van der Waals surface area contributed by atoms with Gasteiger partial charge in [-0.15, -0.1) is 0 Å². The summed E-state index contributed by atoms with van der Waals surface area (Å²) in [5.41, 5.74) is 0. The van der Waals surface area contributed by atoms with Gasteiger partial charge in [-0.05, 0) is 38.5 Å². The Hall–Kier alpha value is -1.36. The molecule has 1 unspecified atom stereocenters. The number of aliphatic hydroxyl groups excluding tert-OH is 1. The third-order valence-electron chi connectivity index (χ3n) is 16.8. The molecular formula is C72H140O5. The van der Waals surface area contributed by atoms with E-state index in [2.05, 4.69) is 26.0 Å². The first-order valence-electron chi connectivity index (χ1n) is 35.7. The molecular weight excluding hydrogens is 945 g/mol. The van der Waals surface area contributed by atoms with Crippen LogP contribution in [0, 0.1) is 0 Å². The second kappa shape index (κ2) is 68.9. The average Bonchev–Trinajstić information content (AvgIpc) is 3.43. The van der Waals surface area contributed by atoms with E-state index in [0.717, 1.165) is 32.1 Å². The lowest BCUT2D eigenvalue weighted by Gasteiger charge is -2.15. The van der Waals surface area contributed by atoms with Crippen LogP contribution in [0.5, 0.6) is 0 Å². The van der Waals surface area contributed by atoms with Gasteiger partial charge < -0.3 is 14.6 Å². The highest BCUT2D eigenvalue weighted by Crippen LogP contribution is 2.20. The number of allylic oxidation sites excluding steroid dienone is 2. The fourth-order valence-electron chi connectivity index (χ4n) is 11.4. The first kappa shape index (κ1) is 75.6. The van der Waals surface area contributed by atoms with Gasteiger partial charge in [-0.3, -0.25) is 9.59 Å². The molecule has 5 nitrogen and oxygen atoms in total. The number of ether oxygens (including phenoxy) is 2. The molecule has 0 aromatic carbocycles. The van der Waals surface area contributed by atoms with Crippen LogP contribution in [0.2, 0.25) is 0 Å². The molecule has 1 atom stereocenters. The Morgan fingerprint density at radius 1 is 0.286 bits per heavy atom. The van der Waals surface area contributed by atoms with Crippen LogP contribution in [0.25, 0.3) is 0 Å². The zero-order valence-electron chi connectivity index (χ0n) is 52.8. The summed E-state index contributed by atoms with van der Waals surface area (Å²) in [5, 5.41) is 9.69. The molecule has 0 aliphatic rings. The van der Waals surface area contributed by atoms with Crippen molar-refractivity contribution in [2.24, 2.45) is 0 Å². The minimum atomic E-state index is -0.766. The van der Waals surface area contributed by atoms with Gasteiger partial charge in [0.25, 0.3) is 0 Å². The first-order chi connectivity index (χ1) is 38.1. The Morgan fingerprint density at radius 2 is 0.481 bits per heavy atom. The molecule has 0 radical (unpaired) electrons. The van der Waals surface area contributed by atoms with Crippen LogP contribution in [0.15, 0.2) is 12.2 Å². The third kappa shape index (κ3) is 67.1. The van der Waals surface area contributed by atoms with E-state index in [-0.39, 0.29) is 25.2 Å².